The molecule has 2 bridgehead atoms. The van der Waals surface area contributed by atoms with Gasteiger partial charge in [-0.2, -0.15) is 13.5 Å². The van der Waals surface area contributed by atoms with Crippen molar-refractivity contribution in [3.63, 3.8) is 0 Å². The zero-order valence-electron chi connectivity index (χ0n) is 13.2. The lowest BCUT2D eigenvalue weighted by Crippen LogP contribution is -2.90. The summed E-state index contributed by atoms with van der Waals surface area (Å²) in [5, 5.41) is 4.36. The van der Waals surface area contributed by atoms with Gasteiger partial charge in [0.15, 0.2) is 0 Å². The first-order valence-electron chi connectivity index (χ1n) is 8.61. The van der Waals surface area contributed by atoms with Gasteiger partial charge in [0.2, 0.25) is 0 Å². The minimum Gasteiger partial charge on any atom is -0.200 e. The van der Waals surface area contributed by atoms with E-state index in [9.17, 15) is 8.42 Å². The van der Waals surface area contributed by atoms with Gasteiger partial charge in [0.1, 0.15) is 0 Å². The highest BCUT2D eigenvalue weighted by molar-refractivity contribution is 7.89. The predicted molar refractivity (Wildman–Crippen MR) is 86.1 cm³/mol. The summed E-state index contributed by atoms with van der Waals surface area (Å²) in [6, 6.07) is 6.90. The van der Waals surface area contributed by atoms with Crippen molar-refractivity contribution in [1.29, 1.82) is 0 Å². The molecule has 0 spiro atoms. The van der Waals surface area contributed by atoms with Crippen LogP contribution in [0.15, 0.2) is 34.3 Å². The molecule has 6 aliphatic carbocycles. The average Bonchev–Trinajstić information content (AvgIpc) is 2.75. The quantitative estimate of drug-likeness (QED) is 0.681. The SMILES string of the molecule is C/C(=N\NS(=O)(=O)c1ccc(C)cc1)C12C3[C@H]4C5CC([C@H]41)[C@@H]2[C@@H]53. The summed E-state index contributed by atoms with van der Waals surface area (Å²) >= 11 is 0. The molecule has 7 rings (SSSR count). The third kappa shape index (κ3) is 1.10. The van der Waals surface area contributed by atoms with Crippen LogP contribution in [0.1, 0.15) is 18.9 Å². The van der Waals surface area contributed by atoms with E-state index in [-0.39, 0.29) is 4.90 Å². The normalized spacial score (nSPS) is 50.3. The molecular formula is C18H20N2O2S. The number of aryl methyl sites for hydroxylation is 1. The molecule has 4 nitrogen and oxygen atoms in total. The van der Waals surface area contributed by atoms with Crippen LogP contribution in [0, 0.1) is 53.8 Å². The molecule has 1 N–H and O–H groups in total. The number of nitrogens with zero attached hydrogens (tertiary/aromatic N) is 1. The van der Waals surface area contributed by atoms with Gasteiger partial charge in [0.05, 0.1) is 4.90 Å². The topological polar surface area (TPSA) is 58.5 Å². The van der Waals surface area contributed by atoms with Crippen molar-refractivity contribution in [1.82, 2.24) is 4.83 Å². The highest BCUT2D eigenvalue weighted by Gasteiger charge is 2.98. The van der Waals surface area contributed by atoms with Gasteiger partial charge in [0.25, 0.3) is 10.0 Å². The molecule has 6 saturated carbocycles. The fourth-order valence-electron chi connectivity index (χ4n) is 7.61. The smallest absolute Gasteiger partial charge is 0.200 e. The van der Waals surface area contributed by atoms with E-state index >= 15 is 0 Å². The van der Waals surface area contributed by atoms with Crippen LogP contribution in [0.5, 0.6) is 0 Å². The summed E-state index contributed by atoms with van der Waals surface area (Å²) in [7, 11) is -3.56. The van der Waals surface area contributed by atoms with E-state index in [1.807, 2.05) is 26.0 Å². The molecule has 120 valence electrons. The maximum absolute atomic E-state index is 12.4. The highest BCUT2D eigenvalue weighted by Crippen LogP contribution is 3.00. The molecule has 1 aromatic rings. The molecule has 6 aliphatic rings. The summed E-state index contributed by atoms with van der Waals surface area (Å²) in [6.45, 7) is 3.99. The van der Waals surface area contributed by atoms with E-state index in [2.05, 4.69) is 9.93 Å². The molecule has 0 amide bonds. The van der Waals surface area contributed by atoms with Crippen molar-refractivity contribution in [3.8, 4) is 0 Å². The van der Waals surface area contributed by atoms with Crippen molar-refractivity contribution >= 4 is 15.7 Å². The number of nitrogens with one attached hydrogen (secondary N) is 1. The molecule has 23 heavy (non-hydrogen) atoms. The average molecular weight is 328 g/mol. The minimum atomic E-state index is -3.56. The number of benzene rings is 1. The molecule has 6 fully saturated rings. The Hall–Kier alpha value is -1.36. The molecule has 4 unspecified atom stereocenters. The van der Waals surface area contributed by atoms with Crippen LogP contribution >= 0.6 is 0 Å². The van der Waals surface area contributed by atoms with Gasteiger partial charge >= 0.3 is 0 Å². The summed E-state index contributed by atoms with van der Waals surface area (Å²) in [5.41, 5.74) is 2.38. The maximum atomic E-state index is 12.4. The van der Waals surface area contributed by atoms with E-state index in [0.717, 1.165) is 52.7 Å². The Labute approximate surface area is 136 Å². The van der Waals surface area contributed by atoms with Crippen LogP contribution in [0.4, 0.5) is 0 Å². The largest absolute Gasteiger partial charge is 0.276 e. The summed E-state index contributed by atoms with van der Waals surface area (Å²) in [6.07, 6.45) is 1.45. The Morgan fingerprint density at radius 3 is 2.39 bits per heavy atom. The van der Waals surface area contributed by atoms with Crippen molar-refractivity contribution < 1.29 is 8.42 Å². The van der Waals surface area contributed by atoms with Gasteiger partial charge < -0.3 is 0 Å². The second-order valence-corrected chi connectivity index (χ2v) is 9.99. The monoisotopic (exact) mass is 328 g/mol. The Morgan fingerprint density at radius 2 is 1.78 bits per heavy atom. The van der Waals surface area contributed by atoms with Crippen LogP contribution in [0.25, 0.3) is 0 Å². The Kier molecular flexibility index (Phi) is 1.98. The van der Waals surface area contributed by atoms with Crippen LogP contribution in [-0.4, -0.2) is 14.1 Å². The number of sulfonamides is 1. The van der Waals surface area contributed by atoms with Gasteiger partial charge in [-0.3, -0.25) is 0 Å². The van der Waals surface area contributed by atoms with Crippen molar-refractivity contribution in [2.75, 3.05) is 0 Å². The van der Waals surface area contributed by atoms with Gasteiger partial charge in [-0.05, 0) is 73.8 Å². The third-order valence-corrected chi connectivity index (χ3v) is 9.28. The predicted octanol–water partition coefficient (Wildman–Crippen LogP) is 2.41. The van der Waals surface area contributed by atoms with Gasteiger partial charge in [-0.1, -0.05) is 17.7 Å². The zero-order valence-corrected chi connectivity index (χ0v) is 14.0. The van der Waals surface area contributed by atoms with Gasteiger partial charge in [0, 0.05) is 11.1 Å². The summed E-state index contributed by atoms with van der Waals surface area (Å²) in [4.78, 5) is 2.77. The van der Waals surface area contributed by atoms with E-state index in [0.29, 0.717) is 5.41 Å². The second kappa shape index (κ2) is 3.51. The van der Waals surface area contributed by atoms with E-state index in [1.54, 1.807) is 12.1 Å². The zero-order chi connectivity index (χ0) is 15.7. The maximum Gasteiger partial charge on any atom is 0.276 e. The molecule has 0 saturated heterocycles. The first-order valence-corrected chi connectivity index (χ1v) is 10.1. The minimum absolute atomic E-state index is 0.284. The Bertz CT molecular complexity index is 849. The Balaban J connectivity index is 1.27. The number of hydrogen-bond acceptors (Lipinski definition) is 3. The number of hydrazone groups is 1. The van der Waals surface area contributed by atoms with Crippen LogP contribution < -0.4 is 4.83 Å². The van der Waals surface area contributed by atoms with Crippen LogP contribution in [0.3, 0.4) is 0 Å². The molecule has 0 aromatic heterocycles. The summed E-state index contributed by atoms with van der Waals surface area (Å²) < 4.78 is 24.8. The Morgan fingerprint density at radius 1 is 1.13 bits per heavy atom. The van der Waals surface area contributed by atoms with Crippen molar-refractivity contribution in [3.05, 3.63) is 29.8 Å². The van der Waals surface area contributed by atoms with E-state index in [4.69, 9.17) is 0 Å². The molecule has 0 aliphatic heterocycles. The number of rotatable bonds is 4. The molecular weight excluding hydrogens is 308 g/mol. The van der Waals surface area contributed by atoms with Gasteiger partial charge in [-0.25, -0.2) is 4.83 Å². The third-order valence-electron chi connectivity index (χ3n) is 8.06. The molecule has 1 aromatic carbocycles. The molecule has 5 heteroatoms. The van der Waals surface area contributed by atoms with Crippen LogP contribution in [-0.2, 0) is 10.0 Å². The second-order valence-electron chi connectivity index (χ2n) is 8.33. The molecule has 0 heterocycles. The number of hydrogen-bond donors (Lipinski definition) is 1. The summed E-state index contributed by atoms with van der Waals surface area (Å²) in [5.74, 6) is 6.41. The lowest BCUT2D eigenvalue weighted by atomic mass is 9.12. The lowest BCUT2D eigenvalue weighted by molar-refractivity contribution is -0.414. The van der Waals surface area contributed by atoms with E-state index in [1.165, 1.54) is 6.42 Å². The van der Waals surface area contributed by atoms with E-state index < -0.39 is 10.0 Å². The first-order chi connectivity index (χ1) is 11.0. The highest BCUT2D eigenvalue weighted by atomic mass is 32.2. The molecule has 8 atom stereocenters. The van der Waals surface area contributed by atoms with Crippen molar-refractivity contribution in [2.45, 2.75) is 25.2 Å². The van der Waals surface area contributed by atoms with Crippen molar-refractivity contribution in [2.24, 2.45) is 51.9 Å². The van der Waals surface area contributed by atoms with Crippen LogP contribution in [0.2, 0.25) is 0 Å². The first kappa shape index (κ1) is 13.0. The standard InChI is InChI=1S/C18H20N2O2S/c1-8-3-5-10(6-4-8)23(21,22)20-19-9(2)18-15-12-7-11-13(15)17(18)14(11)16(12)18/h3-6,11-17,20H,7H2,1-2H3/b19-9+/t11?,12?,13-,14+,15-,16-,17?,18?/m1/s1. The molecule has 0 radical (unpaired) electrons. The lowest BCUT2D eigenvalue weighted by Gasteiger charge is -2.91. The fraction of sp³-hybridized carbons (Fsp3) is 0.611. The fourth-order valence-corrected chi connectivity index (χ4v) is 8.46. The van der Waals surface area contributed by atoms with Gasteiger partial charge in [-0.15, -0.1) is 0 Å².